The van der Waals surface area contributed by atoms with Crippen LogP contribution in [0, 0.1) is 5.92 Å². The van der Waals surface area contributed by atoms with Crippen LogP contribution in [-0.2, 0) is 19.1 Å². The molecular formula is C27H32N2O6. The van der Waals surface area contributed by atoms with Crippen LogP contribution in [0.3, 0.4) is 0 Å². The molecule has 8 heteroatoms. The fraction of sp³-hybridized carbons (Fsp3) is 0.444. The lowest BCUT2D eigenvalue weighted by atomic mass is 9.98. The van der Waals surface area contributed by atoms with Crippen molar-refractivity contribution < 1.29 is 29.0 Å². The maximum absolute atomic E-state index is 12.7. The summed E-state index contributed by atoms with van der Waals surface area (Å²) in [6.45, 7) is 3.32. The van der Waals surface area contributed by atoms with Crippen LogP contribution < -0.4 is 5.32 Å². The number of hydrogen-bond acceptors (Lipinski definition) is 5. The smallest absolute Gasteiger partial charge is 0.407 e. The second-order valence-electron chi connectivity index (χ2n) is 9.01. The number of fused-ring (bicyclic) bond motifs is 3. The van der Waals surface area contributed by atoms with E-state index in [0.717, 1.165) is 22.3 Å². The van der Waals surface area contributed by atoms with Crippen molar-refractivity contribution in [3.63, 3.8) is 0 Å². The number of rotatable bonds is 9. The molecule has 0 spiro atoms. The zero-order valence-electron chi connectivity index (χ0n) is 19.9. The first-order valence-electron chi connectivity index (χ1n) is 12.2. The molecule has 2 aliphatic rings. The van der Waals surface area contributed by atoms with Gasteiger partial charge in [0.2, 0.25) is 5.91 Å². The number of carboxylic acids is 1. The number of nitrogens with zero attached hydrogens (tertiary/aromatic N) is 1. The molecule has 2 atom stereocenters. The van der Waals surface area contributed by atoms with E-state index in [1.165, 1.54) is 0 Å². The Labute approximate surface area is 205 Å². The highest BCUT2D eigenvalue weighted by atomic mass is 16.5. The average molecular weight is 481 g/mol. The van der Waals surface area contributed by atoms with Gasteiger partial charge in [0.15, 0.2) is 0 Å². The zero-order valence-corrected chi connectivity index (χ0v) is 19.9. The number of ether oxygens (including phenoxy) is 2. The van der Waals surface area contributed by atoms with E-state index in [4.69, 9.17) is 9.47 Å². The first kappa shape index (κ1) is 24.7. The van der Waals surface area contributed by atoms with Crippen LogP contribution in [-0.4, -0.2) is 66.9 Å². The van der Waals surface area contributed by atoms with E-state index in [0.29, 0.717) is 26.0 Å². The summed E-state index contributed by atoms with van der Waals surface area (Å²) in [6, 6.07) is 16.3. The molecule has 0 saturated carbocycles. The van der Waals surface area contributed by atoms with Crippen molar-refractivity contribution in [2.24, 2.45) is 5.92 Å². The fourth-order valence-corrected chi connectivity index (χ4v) is 5.00. The summed E-state index contributed by atoms with van der Waals surface area (Å²) in [6.07, 6.45) is 0.243. The molecule has 4 rings (SSSR count). The van der Waals surface area contributed by atoms with Crippen LogP contribution in [0.2, 0.25) is 0 Å². The normalized spacial score (nSPS) is 17.9. The maximum atomic E-state index is 12.7. The van der Waals surface area contributed by atoms with Crippen LogP contribution in [0.5, 0.6) is 0 Å². The quantitative estimate of drug-likeness (QED) is 0.568. The number of nitrogens with one attached hydrogen (secondary N) is 1. The predicted octanol–water partition coefficient (Wildman–Crippen LogP) is 3.64. The van der Waals surface area contributed by atoms with Crippen molar-refractivity contribution in [3.05, 3.63) is 59.7 Å². The molecule has 1 fully saturated rings. The minimum atomic E-state index is -0.874. The van der Waals surface area contributed by atoms with Crippen molar-refractivity contribution in [2.45, 2.75) is 38.2 Å². The van der Waals surface area contributed by atoms with E-state index in [1.54, 1.807) is 4.90 Å². The first-order valence-corrected chi connectivity index (χ1v) is 12.2. The van der Waals surface area contributed by atoms with Gasteiger partial charge < -0.3 is 24.8 Å². The van der Waals surface area contributed by atoms with E-state index in [9.17, 15) is 19.5 Å². The summed E-state index contributed by atoms with van der Waals surface area (Å²) in [5.74, 6) is -1.60. The summed E-state index contributed by atoms with van der Waals surface area (Å²) < 4.78 is 11.2. The largest absolute Gasteiger partial charge is 0.481 e. The third-order valence-corrected chi connectivity index (χ3v) is 6.75. The molecule has 1 heterocycles. The molecule has 8 nitrogen and oxygen atoms in total. The van der Waals surface area contributed by atoms with Gasteiger partial charge >= 0.3 is 12.1 Å². The van der Waals surface area contributed by atoms with Crippen LogP contribution in [0.25, 0.3) is 11.1 Å². The van der Waals surface area contributed by atoms with Gasteiger partial charge in [0.1, 0.15) is 6.61 Å². The molecule has 186 valence electrons. The molecule has 1 saturated heterocycles. The average Bonchev–Trinajstić information content (AvgIpc) is 3.20. The Bertz CT molecular complexity index is 1030. The second kappa shape index (κ2) is 11.4. The predicted molar refractivity (Wildman–Crippen MR) is 130 cm³/mol. The van der Waals surface area contributed by atoms with Crippen molar-refractivity contribution in [3.8, 4) is 11.1 Å². The number of aliphatic carboxylic acids is 1. The van der Waals surface area contributed by atoms with Gasteiger partial charge in [-0.1, -0.05) is 48.5 Å². The summed E-state index contributed by atoms with van der Waals surface area (Å²) in [5.41, 5.74) is 4.60. The lowest BCUT2D eigenvalue weighted by Gasteiger charge is -2.31. The minimum Gasteiger partial charge on any atom is -0.481 e. The third kappa shape index (κ3) is 5.82. The number of alkyl carbamates (subject to hydrolysis) is 1. The van der Waals surface area contributed by atoms with Gasteiger partial charge in [-0.05, 0) is 42.0 Å². The van der Waals surface area contributed by atoms with Gasteiger partial charge in [0.05, 0.1) is 18.4 Å². The molecule has 1 aliphatic carbocycles. The SMILES string of the molecule is CCOC(CNC(=O)OCC1c2ccccc2-c2ccccc21)CC(=O)N1CCC[C@@H](C(=O)O)C1. The number of benzene rings is 2. The van der Waals surface area contributed by atoms with Crippen molar-refractivity contribution in [1.29, 1.82) is 0 Å². The van der Waals surface area contributed by atoms with E-state index >= 15 is 0 Å². The molecule has 2 amide bonds. The number of carboxylic acid groups (broad SMARTS) is 1. The van der Waals surface area contributed by atoms with Gasteiger partial charge in [0, 0.05) is 32.2 Å². The molecule has 1 aliphatic heterocycles. The van der Waals surface area contributed by atoms with Gasteiger partial charge in [-0.15, -0.1) is 0 Å². The second-order valence-corrected chi connectivity index (χ2v) is 9.01. The highest BCUT2D eigenvalue weighted by Gasteiger charge is 2.31. The number of amides is 2. The molecule has 0 radical (unpaired) electrons. The van der Waals surface area contributed by atoms with Crippen LogP contribution in [0.4, 0.5) is 4.79 Å². The van der Waals surface area contributed by atoms with E-state index in [-0.39, 0.29) is 37.9 Å². The van der Waals surface area contributed by atoms with Gasteiger partial charge in [-0.3, -0.25) is 9.59 Å². The van der Waals surface area contributed by atoms with Gasteiger partial charge in [-0.2, -0.15) is 0 Å². The zero-order chi connectivity index (χ0) is 24.8. The van der Waals surface area contributed by atoms with Gasteiger partial charge in [0.25, 0.3) is 0 Å². The summed E-state index contributed by atoms with van der Waals surface area (Å²) in [5, 5.41) is 12.0. The summed E-state index contributed by atoms with van der Waals surface area (Å²) >= 11 is 0. The third-order valence-electron chi connectivity index (χ3n) is 6.75. The summed E-state index contributed by atoms with van der Waals surface area (Å²) in [4.78, 5) is 38.1. The standard InChI is InChI=1S/C27H32N2O6/c1-2-34-19(14-25(30)29-13-7-8-18(16-29)26(31)32)15-28-27(33)35-17-24-22-11-5-3-9-20(22)21-10-4-6-12-23(21)24/h3-6,9-12,18-19,24H,2,7-8,13-17H2,1H3,(H,28,33)(H,31,32)/t18-,19?/m1/s1. The van der Waals surface area contributed by atoms with Crippen LogP contribution in [0.15, 0.2) is 48.5 Å². The molecular weight excluding hydrogens is 448 g/mol. The van der Waals surface area contributed by atoms with Crippen LogP contribution in [0.1, 0.15) is 43.2 Å². The number of carbonyl (C=O) groups excluding carboxylic acids is 2. The first-order chi connectivity index (χ1) is 17.0. The van der Waals surface area contributed by atoms with E-state index in [1.807, 2.05) is 31.2 Å². The molecule has 1 unspecified atom stereocenters. The Morgan fingerprint density at radius 1 is 1.09 bits per heavy atom. The number of piperidine rings is 1. The van der Waals surface area contributed by atoms with Crippen molar-refractivity contribution in [2.75, 3.05) is 32.8 Å². The number of carbonyl (C=O) groups is 3. The molecule has 2 aromatic rings. The maximum Gasteiger partial charge on any atom is 0.407 e. The van der Waals surface area contributed by atoms with E-state index in [2.05, 4.69) is 29.6 Å². The van der Waals surface area contributed by atoms with Crippen molar-refractivity contribution >= 4 is 18.0 Å². The monoisotopic (exact) mass is 480 g/mol. The Hall–Kier alpha value is -3.39. The Kier molecular flexibility index (Phi) is 8.02. The topological polar surface area (TPSA) is 105 Å². The molecule has 0 aromatic heterocycles. The highest BCUT2D eigenvalue weighted by molar-refractivity contribution is 5.80. The van der Waals surface area contributed by atoms with E-state index < -0.39 is 24.1 Å². The number of hydrogen-bond donors (Lipinski definition) is 2. The van der Waals surface area contributed by atoms with Crippen molar-refractivity contribution in [1.82, 2.24) is 10.2 Å². The minimum absolute atomic E-state index is 0.0290. The Morgan fingerprint density at radius 2 is 1.74 bits per heavy atom. The summed E-state index contributed by atoms with van der Waals surface area (Å²) in [7, 11) is 0. The lowest BCUT2D eigenvalue weighted by molar-refractivity contribution is -0.146. The fourth-order valence-electron chi connectivity index (χ4n) is 5.00. The highest BCUT2D eigenvalue weighted by Crippen LogP contribution is 2.44. The Balaban J connectivity index is 1.29. The molecule has 2 N–H and O–H groups in total. The molecule has 0 bridgehead atoms. The number of likely N-dealkylation sites (tertiary alicyclic amines) is 1. The van der Waals surface area contributed by atoms with Gasteiger partial charge in [-0.25, -0.2) is 4.79 Å². The molecule has 2 aromatic carbocycles. The van der Waals surface area contributed by atoms with Crippen LogP contribution >= 0.6 is 0 Å². The Morgan fingerprint density at radius 3 is 2.37 bits per heavy atom. The lowest BCUT2D eigenvalue weighted by Crippen LogP contribution is -2.45. The molecule has 35 heavy (non-hydrogen) atoms.